The van der Waals surface area contributed by atoms with Crippen LogP contribution in [-0.2, 0) is 4.79 Å². The van der Waals surface area contributed by atoms with Gasteiger partial charge in [-0.1, -0.05) is 26.0 Å². The summed E-state index contributed by atoms with van der Waals surface area (Å²) in [5.74, 6) is 2.52. The van der Waals surface area contributed by atoms with Gasteiger partial charge in [0.05, 0.1) is 12.2 Å². The molecule has 0 saturated heterocycles. The molecule has 0 amide bonds. The number of hydrogen-bond acceptors (Lipinski definition) is 5. The molecule has 3 unspecified atom stereocenters. The highest BCUT2D eigenvalue weighted by atomic mass is 16.1. The van der Waals surface area contributed by atoms with Gasteiger partial charge in [-0.2, -0.15) is 5.10 Å². The second-order valence-electron chi connectivity index (χ2n) is 8.73. The molecule has 1 saturated carbocycles. The van der Waals surface area contributed by atoms with Gasteiger partial charge in [0.1, 0.15) is 24.1 Å². The van der Waals surface area contributed by atoms with Crippen LogP contribution in [0.5, 0.6) is 0 Å². The number of hydrogen-bond donors (Lipinski definition) is 3. The van der Waals surface area contributed by atoms with Crippen LogP contribution in [0.15, 0.2) is 23.3 Å². The second kappa shape index (κ2) is 8.17. The molecule has 0 radical (unpaired) electrons. The number of carbonyl (C=O) groups is 1. The van der Waals surface area contributed by atoms with Crippen LogP contribution in [0, 0.1) is 5.92 Å². The first-order valence-electron chi connectivity index (χ1n) is 10.6. The fourth-order valence-electron chi connectivity index (χ4n) is 4.51. The van der Waals surface area contributed by atoms with Crippen LogP contribution in [0.3, 0.4) is 0 Å². The molecule has 1 aromatic rings. The molecule has 1 aromatic heterocycles. The van der Waals surface area contributed by atoms with Crippen LogP contribution in [0.4, 0.5) is 5.82 Å². The highest BCUT2D eigenvalue weighted by Gasteiger charge is 2.31. The van der Waals surface area contributed by atoms with Gasteiger partial charge in [0, 0.05) is 30.0 Å². The number of aldehydes is 1. The number of nitrogens with zero attached hydrogens (tertiary/aromatic N) is 3. The standard InChI is InChI=1S/C21H32N6O/c1-13(2)18-11-23-27-20(25-16-6-3-14(12-28)4-7-16)10-19(26-21(18)27)24-17-8-5-15(22)9-17/h3,6,11-17,20,25H,4-5,7-10,22H2,1-2H3,(H,24,26)/t14?,15-,16?,17-,20?/m1/s1. The number of fused-ring (bicyclic) bond motifs is 1. The number of rotatable bonds is 5. The van der Waals surface area contributed by atoms with Crippen LogP contribution >= 0.6 is 0 Å². The van der Waals surface area contributed by atoms with Crippen LogP contribution in [0.25, 0.3) is 0 Å². The van der Waals surface area contributed by atoms with Crippen molar-refractivity contribution in [2.75, 3.05) is 5.32 Å². The maximum atomic E-state index is 11.0. The van der Waals surface area contributed by atoms with Crippen molar-refractivity contribution in [1.29, 1.82) is 0 Å². The summed E-state index contributed by atoms with van der Waals surface area (Å²) >= 11 is 0. The van der Waals surface area contributed by atoms with E-state index in [9.17, 15) is 4.79 Å². The van der Waals surface area contributed by atoms with Gasteiger partial charge in [-0.05, 0) is 38.0 Å². The first-order chi connectivity index (χ1) is 13.5. The Bertz CT molecular complexity index is 767. The zero-order valence-corrected chi connectivity index (χ0v) is 16.8. The molecule has 1 fully saturated rings. The summed E-state index contributed by atoms with van der Waals surface area (Å²) in [7, 11) is 0. The average Bonchev–Trinajstić information content (AvgIpc) is 3.28. The molecule has 0 spiro atoms. The van der Waals surface area contributed by atoms with Gasteiger partial charge < -0.3 is 15.8 Å². The second-order valence-corrected chi connectivity index (χ2v) is 8.73. The number of nitrogens with one attached hydrogen (secondary N) is 2. The predicted octanol–water partition coefficient (Wildman–Crippen LogP) is 2.72. The molecule has 152 valence electrons. The summed E-state index contributed by atoms with van der Waals surface area (Å²) in [5, 5.41) is 12.0. The largest absolute Gasteiger partial charge is 0.329 e. The molecule has 0 aromatic carbocycles. The quantitative estimate of drug-likeness (QED) is 0.536. The summed E-state index contributed by atoms with van der Waals surface area (Å²) < 4.78 is 2.06. The Balaban J connectivity index is 1.56. The van der Waals surface area contributed by atoms with Gasteiger partial charge in [-0.15, -0.1) is 0 Å². The first kappa shape index (κ1) is 19.3. The number of allylic oxidation sites excluding steroid dienone is 1. The Hall–Kier alpha value is -1.99. The Kier molecular flexibility index (Phi) is 5.64. The fraction of sp³-hybridized carbons (Fsp3) is 0.667. The SMILES string of the molecule is CC(C)c1cnn2c1NC(=N[C@@H]1CC[C@@H](N)C1)CC2NC1C=CC(C=O)CC1. The Morgan fingerprint density at radius 3 is 2.82 bits per heavy atom. The van der Waals surface area contributed by atoms with E-state index in [0.717, 1.165) is 56.5 Å². The lowest BCUT2D eigenvalue weighted by Crippen LogP contribution is -2.42. The van der Waals surface area contributed by atoms with Crippen molar-refractivity contribution < 1.29 is 4.79 Å². The fourth-order valence-corrected chi connectivity index (χ4v) is 4.51. The third kappa shape index (κ3) is 4.05. The zero-order valence-electron chi connectivity index (χ0n) is 16.8. The minimum Gasteiger partial charge on any atom is -0.329 e. The number of aliphatic imine (C=N–C) groups is 1. The van der Waals surface area contributed by atoms with Crippen molar-refractivity contribution in [3.8, 4) is 0 Å². The van der Waals surface area contributed by atoms with E-state index in [-0.39, 0.29) is 24.2 Å². The first-order valence-corrected chi connectivity index (χ1v) is 10.6. The summed E-state index contributed by atoms with van der Waals surface area (Å²) in [4.78, 5) is 16.0. The van der Waals surface area contributed by atoms with E-state index < -0.39 is 0 Å². The van der Waals surface area contributed by atoms with Gasteiger partial charge in [0.25, 0.3) is 0 Å². The van der Waals surface area contributed by atoms with E-state index in [4.69, 9.17) is 10.7 Å². The number of anilines is 1. The van der Waals surface area contributed by atoms with E-state index in [1.807, 2.05) is 12.3 Å². The minimum atomic E-state index is 0.0556. The van der Waals surface area contributed by atoms with E-state index in [1.165, 1.54) is 5.56 Å². The number of aromatic nitrogens is 2. The molecule has 3 aliphatic rings. The number of carbonyl (C=O) groups excluding carboxylic acids is 1. The molecule has 7 nitrogen and oxygen atoms in total. The Labute approximate surface area is 166 Å². The molecule has 7 heteroatoms. The van der Waals surface area contributed by atoms with Crippen molar-refractivity contribution in [3.63, 3.8) is 0 Å². The van der Waals surface area contributed by atoms with E-state index in [2.05, 4.69) is 40.3 Å². The molecular weight excluding hydrogens is 352 g/mol. The van der Waals surface area contributed by atoms with Crippen molar-refractivity contribution in [2.45, 2.75) is 82.6 Å². The highest BCUT2D eigenvalue weighted by Crippen LogP contribution is 2.32. The van der Waals surface area contributed by atoms with Crippen LogP contribution in [-0.4, -0.2) is 40.0 Å². The third-order valence-electron chi connectivity index (χ3n) is 6.16. The molecular formula is C21H32N6O. The average molecular weight is 385 g/mol. The lowest BCUT2D eigenvalue weighted by Gasteiger charge is -2.32. The highest BCUT2D eigenvalue weighted by molar-refractivity contribution is 5.97. The van der Waals surface area contributed by atoms with Crippen molar-refractivity contribution >= 4 is 17.9 Å². The van der Waals surface area contributed by atoms with E-state index in [1.54, 1.807) is 0 Å². The molecule has 2 heterocycles. The summed E-state index contributed by atoms with van der Waals surface area (Å²) in [6.45, 7) is 4.37. The van der Waals surface area contributed by atoms with Crippen LogP contribution in [0.1, 0.15) is 70.0 Å². The monoisotopic (exact) mass is 384 g/mol. The predicted molar refractivity (Wildman–Crippen MR) is 111 cm³/mol. The molecule has 2 aliphatic carbocycles. The van der Waals surface area contributed by atoms with E-state index in [0.29, 0.717) is 12.0 Å². The Morgan fingerprint density at radius 1 is 1.32 bits per heavy atom. The van der Waals surface area contributed by atoms with Crippen molar-refractivity contribution in [3.05, 3.63) is 23.9 Å². The van der Waals surface area contributed by atoms with Gasteiger partial charge >= 0.3 is 0 Å². The number of amidine groups is 1. The number of nitrogens with two attached hydrogens (primary N) is 1. The third-order valence-corrected chi connectivity index (χ3v) is 6.16. The lowest BCUT2D eigenvalue weighted by atomic mass is 9.93. The van der Waals surface area contributed by atoms with Crippen molar-refractivity contribution in [2.24, 2.45) is 16.6 Å². The van der Waals surface area contributed by atoms with Gasteiger partial charge in [0.2, 0.25) is 0 Å². The summed E-state index contributed by atoms with van der Waals surface area (Å²) in [6.07, 6.45) is 12.9. The molecule has 5 atom stereocenters. The molecule has 4 N–H and O–H groups in total. The molecule has 1 aliphatic heterocycles. The lowest BCUT2D eigenvalue weighted by molar-refractivity contribution is -0.110. The van der Waals surface area contributed by atoms with Crippen LogP contribution < -0.4 is 16.4 Å². The van der Waals surface area contributed by atoms with Gasteiger partial charge in [-0.3, -0.25) is 10.3 Å². The molecule has 0 bridgehead atoms. The van der Waals surface area contributed by atoms with Gasteiger partial charge in [0.15, 0.2) is 0 Å². The topological polar surface area (TPSA) is 97.3 Å². The minimum absolute atomic E-state index is 0.0556. The normalized spacial score (nSPS) is 33.9. The molecule has 4 rings (SSSR count). The van der Waals surface area contributed by atoms with E-state index >= 15 is 0 Å². The summed E-state index contributed by atoms with van der Waals surface area (Å²) in [5.41, 5.74) is 7.29. The maximum Gasteiger partial charge on any atom is 0.134 e. The smallest absolute Gasteiger partial charge is 0.134 e. The Morgan fingerprint density at radius 2 is 2.18 bits per heavy atom. The zero-order chi connectivity index (χ0) is 19.7. The van der Waals surface area contributed by atoms with Crippen LogP contribution in [0.2, 0.25) is 0 Å². The molecule has 28 heavy (non-hydrogen) atoms. The van der Waals surface area contributed by atoms with Crippen molar-refractivity contribution in [1.82, 2.24) is 15.1 Å². The van der Waals surface area contributed by atoms with Gasteiger partial charge in [-0.25, -0.2) is 4.68 Å². The maximum absolute atomic E-state index is 11.0. The summed E-state index contributed by atoms with van der Waals surface area (Å²) in [6, 6.07) is 0.847.